The number of nitrogens with one attached hydrogen (secondary N) is 1. The molecule has 2 saturated heterocycles. The van der Waals surface area contributed by atoms with E-state index in [9.17, 15) is 9.59 Å². The number of ether oxygens (including phenoxy) is 5. The summed E-state index contributed by atoms with van der Waals surface area (Å²) in [5.74, 6) is 1.15. The van der Waals surface area contributed by atoms with Crippen molar-refractivity contribution in [2.45, 2.75) is 77.9 Å². The molecule has 2 heterocycles. The summed E-state index contributed by atoms with van der Waals surface area (Å²) >= 11 is 0. The number of unbranched alkanes of at least 4 members (excludes halogenated alkanes) is 1. The molecule has 1 N–H and O–H groups in total. The van der Waals surface area contributed by atoms with Gasteiger partial charge in [-0.3, -0.25) is 0 Å². The lowest BCUT2D eigenvalue weighted by molar-refractivity contribution is -0.0907. The summed E-state index contributed by atoms with van der Waals surface area (Å²) in [5.41, 5.74) is 1.99. The van der Waals surface area contributed by atoms with Gasteiger partial charge in [0.05, 0.1) is 25.7 Å². The van der Waals surface area contributed by atoms with E-state index >= 15 is 0 Å². The van der Waals surface area contributed by atoms with Gasteiger partial charge in [-0.25, -0.2) is 9.59 Å². The summed E-state index contributed by atoms with van der Waals surface area (Å²) in [6, 6.07) is 17.3. The van der Waals surface area contributed by atoms with Crippen molar-refractivity contribution in [1.82, 2.24) is 10.2 Å². The van der Waals surface area contributed by atoms with Gasteiger partial charge in [0.2, 0.25) is 0 Å². The highest BCUT2D eigenvalue weighted by molar-refractivity contribution is 5.68. The monoisotopic (exact) mass is 582 g/mol. The van der Waals surface area contributed by atoms with Gasteiger partial charge < -0.3 is 33.9 Å². The molecule has 0 radical (unpaired) electrons. The third-order valence-electron chi connectivity index (χ3n) is 7.53. The van der Waals surface area contributed by atoms with Crippen molar-refractivity contribution in [3.63, 3.8) is 0 Å². The van der Waals surface area contributed by atoms with Crippen LogP contribution in [0.15, 0.2) is 54.6 Å². The maximum atomic E-state index is 13.1. The molecule has 2 aromatic rings. The highest BCUT2D eigenvalue weighted by atomic mass is 16.7. The molecular formula is C33H46N2O7. The number of hydrogen-bond donors (Lipinski definition) is 1. The molecule has 0 bridgehead atoms. The van der Waals surface area contributed by atoms with Gasteiger partial charge >= 0.3 is 12.2 Å². The predicted octanol–water partition coefficient (Wildman–Crippen LogP) is 5.95. The number of alkyl carbamates (subject to hydrolysis) is 1. The minimum atomic E-state index is -0.484. The van der Waals surface area contributed by atoms with E-state index in [1.165, 1.54) is 0 Å². The molecule has 2 amide bonds. The molecule has 4 rings (SSSR count). The Balaban J connectivity index is 1.38. The molecule has 0 unspecified atom stereocenters. The van der Waals surface area contributed by atoms with E-state index in [-0.39, 0.29) is 43.0 Å². The van der Waals surface area contributed by atoms with Crippen LogP contribution in [0.3, 0.4) is 0 Å². The largest absolute Gasteiger partial charge is 0.494 e. The Morgan fingerprint density at radius 3 is 2.57 bits per heavy atom. The van der Waals surface area contributed by atoms with Gasteiger partial charge in [0.1, 0.15) is 18.5 Å². The number of rotatable bonds is 15. The van der Waals surface area contributed by atoms with Crippen molar-refractivity contribution < 1.29 is 33.3 Å². The van der Waals surface area contributed by atoms with Crippen LogP contribution in [0.2, 0.25) is 0 Å². The molecule has 2 fully saturated rings. The van der Waals surface area contributed by atoms with Crippen LogP contribution >= 0.6 is 0 Å². The van der Waals surface area contributed by atoms with Gasteiger partial charge in [-0.2, -0.15) is 0 Å². The van der Waals surface area contributed by atoms with Crippen LogP contribution in [-0.2, 0) is 32.0 Å². The first-order chi connectivity index (χ1) is 20.4. The fourth-order valence-corrected chi connectivity index (χ4v) is 5.27. The third kappa shape index (κ3) is 9.91. The molecule has 9 nitrogen and oxygen atoms in total. The molecule has 0 aliphatic carbocycles. The Morgan fingerprint density at radius 2 is 1.83 bits per heavy atom. The van der Waals surface area contributed by atoms with E-state index in [1.54, 1.807) is 4.90 Å². The lowest BCUT2D eigenvalue weighted by atomic mass is 10.0. The first kappa shape index (κ1) is 31.6. The Kier molecular flexibility index (Phi) is 12.3. The fraction of sp³-hybridized carbons (Fsp3) is 0.576. The van der Waals surface area contributed by atoms with Crippen molar-refractivity contribution in [3.8, 4) is 5.75 Å². The van der Waals surface area contributed by atoms with Crippen LogP contribution in [0.25, 0.3) is 0 Å². The molecule has 0 spiro atoms. The average molecular weight is 583 g/mol. The maximum Gasteiger partial charge on any atom is 0.410 e. The van der Waals surface area contributed by atoms with Crippen molar-refractivity contribution in [3.05, 3.63) is 65.7 Å². The van der Waals surface area contributed by atoms with Gasteiger partial charge in [-0.1, -0.05) is 69.7 Å². The maximum absolute atomic E-state index is 13.1. The number of fused-ring (bicyclic) bond motifs is 1. The Labute approximate surface area is 249 Å². The smallest absolute Gasteiger partial charge is 0.410 e. The van der Waals surface area contributed by atoms with Gasteiger partial charge in [-0.05, 0) is 54.9 Å². The Hall–Kier alpha value is -3.30. The van der Waals surface area contributed by atoms with E-state index in [2.05, 4.69) is 26.1 Å². The van der Waals surface area contributed by atoms with E-state index in [1.807, 2.05) is 54.6 Å². The van der Waals surface area contributed by atoms with E-state index < -0.39 is 6.09 Å². The highest BCUT2D eigenvalue weighted by Gasteiger charge is 2.44. The van der Waals surface area contributed by atoms with Crippen molar-refractivity contribution in [2.24, 2.45) is 11.8 Å². The molecule has 9 heteroatoms. The second-order valence-electron chi connectivity index (χ2n) is 11.5. The number of amides is 2. The molecule has 42 heavy (non-hydrogen) atoms. The van der Waals surface area contributed by atoms with Crippen molar-refractivity contribution >= 4 is 12.2 Å². The lowest BCUT2D eigenvalue weighted by Gasteiger charge is -2.27. The number of nitrogens with zero attached hydrogens (tertiary/aromatic N) is 1. The predicted molar refractivity (Wildman–Crippen MR) is 159 cm³/mol. The number of carbonyl (C=O) groups is 2. The zero-order valence-electron chi connectivity index (χ0n) is 25.2. The molecule has 2 aliphatic heterocycles. The Bertz CT molecular complexity index is 1100. The molecule has 4 atom stereocenters. The lowest BCUT2D eigenvalue weighted by Crippen LogP contribution is -2.43. The minimum absolute atomic E-state index is 0.0652. The first-order valence-electron chi connectivity index (χ1n) is 15.3. The van der Waals surface area contributed by atoms with Crippen LogP contribution in [-0.4, -0.2) is 68.4 Å². The van der Waals surface area contributed by atoms with Crippen LogP contribution in [0, 0.1) is 11.8 Å². The summed E-state index contributed by atoms with van der Waals surface area (Å²) in [5, 5.41) is 3.07. The summed E-state index contributed by atoms with van der Waals surface area (Å²) in [7, 11) is 0. The van der Waals surface area contributed by atoms with Crippen LogP contribution in [0.4, 0.5) is 9.59 Å². The average Bonchev–Trinajstić information content (AvgIpc) is 3.60. The topological polar surface area (TPSA) is 95.6 Å². The highest BCUT2D eigenvalue weighted by Crippen LogP contribution is 2.33. The van der Waals surface area contributed by atoms with Gasteiger partial charge in [-0.15, -0.1) is 0 Å². The van der Waals surface area contributed by atoms with Gasteiger partial charge in [0.25, 0.3) is 0 Å². The minimum Gasteiger partial charge on any atom is -0.494 e. The van der Waals surface area contributed by atoms with Crippen LogP contribution < -0.4 is 10.1 Å². The zero-order chi connectivity index (χ0) is 29.7. The summed E-state index contributed by atoms with van der Waals surface area (Å²) in [6.45, 7) is 9.11. The van der Waals surface area contributed by atoms with E-state index in [4.69, 9.17) is 23.7 Å². The van der Waals surface area contributed by atoms with E-state index in [0.717, 1.165) is 36.1 Å². The second-order valence-corrected chi connectivity index (χ2v) is 11.5. The van der Waals surface area contributed by atoms with Crippen molar-refractivity contribution in [1.29, 1.82) is 0 Å². The fourth-order valence-electron chi connectivity index (χ4n) is 5.27. The van der Waals surface area contributed by atoms with Crippen LogP contribution in [0.1, 0.15) is 57.6 Å². The summed E-state index contributed by atoms with van der Waals surface area (Å²) in [4.78, 5) is 27.9. The molecule has 0 saturated carbocycles. The second kappa shape index (κ2) is 16.4. The molecule has 2 aromatic carbocycles. The first-order valence-corrected chi connectivity index (χ1v) is 15.3. The number of benzene rings is 2. The summed E-state index contributed by atoms with van der Waals surface area (Å²) < 4.78 is 28.4. The summed E-state index contributed by atoms with van der Waals surface area (Å²) in [6.07, 6.45) is 2.55. The van der Waals surface area contributed by atoms with Crippen molar-refractivity contribution in [2.75, 3.05) is 32.9 Å². The SMILES string of the molecule is CCCCOc1ccc(C[C@@H](CCN(CC(C)C)C(=O)OCc2ccccc2)NC(=O)O[C@H]2CO[C@H]3OCC[C@H]32)cc1. The number of carbonyl (C=O) groups excluding carboxylic acids is 2. The van der Waals surface area contributed by atoms with Crippen LogP contribution in [0.5, 0.6) is 5.75 Å². The van der Waals surface area contributed by atoms with E-state index in [0.29, 0.717) is 45.8 Å². The van der Waals surface area contributed by atoms with Gasteiger partial charge in [0, 0.05) is 19.1 Å². The molecule has 2 aliphatic rings. The standard InChI is InChI=1S/C33H46N2O7/c1-4-5-18-38-28-13-11-25(12-14-28)20-27(34-32(36)42-30-23-40-31-29(30)16-19-39-31)15-17-35(21-24(2)3)33(37)41-22-26-9-7-6-8-10-26/h6-14,24,27,29-31H,4-5,15-23H2,1-3H3,(H,34,36)/t27-,29+,30+,31-/m1/s1. The molecule has 230 valence electrons. The zero-order valence-corrected chi connectivity index (χ0v) is 25.2. The Morgan fingerprint density at radius 1 is 1.05 bits per heavy atom. The quantitative estimate of drug-likeness (QED) is 0.259. The van der Waals surface area contributed by atoms with Gasteiger partial charge in [0.15, 0.2) is 6.29 Å². The molecular weight excluding hydrogens is 536 g/mol. The normalized spacial score (nSPS) is 20.1. The number of hydrogen-bond acceptors (Lipinski definition) is 7. The molecule has 0 aromatic heterocycles. The third-order valence-corrected chi connectivity index (χ3v) is 7.53.